The van der Waals surface area contributed by atoms with E-state index in [1.54, 1.807) is 18.5 Å². The molecule has 7 nitrogen and oxygen atoms in total. The fourth-order valence-corrected chi connectivity index (χ4v) is 2.10. The average molecular weight is 279 g/mol. The van der Waals surface area contributed by atoms with Gasteiger partial charge in [0.05, 0.1) is 17.6 Å². The Balaban J connectivity index is 2.04. The second-order valence-corrected chi connectivity index (χ2v) is 4.81. The zero-order chi connectivity index (χ0) is 14.7. The first kappa shape index (κ1) is 14.3. The molecule has 1 aliphatic rings. The van der Waals surface area contributed by atoms with Crippen molar-refractivity contribution in [3.8, 4) is 0 Å². The fourth-order valence-electron chi connectivity index (χ4n) is 2.10. The molecule has 0 saturated carbocycles. The van der Waals surface area contributed by atoms with Crippen molar-refractivity contribution in [1.82, 2.24) is 4.98 Å². The van der Waals surface area contributed by atoms with E-state index < -0.39 is 18.2 Å². The summed E-state index contributed by atoms with van der Waals surface area (Å²) in [5.41, 5.74) is 1.39. The largest absolute Gasteiger partial charge is 0.479 e. The molecular formula is C13H17N3O4. The molecule has 0 bridgehead atoms. The minimum Gasteiger partial charge on any atom is -0.479 e. The molecule has 1 saturated heterocycles. The predicted octanol–water partition coefficient (Wildman–Crippen LogP) is 0.718. The molecule has 7 heteroatoms. The Labute approximate surface area is 116 Å². The van der Waals surface area contributed by atoms with E-state index in [0.717, 1.165) is 5.69 Å². The highest BCUT2D eigenvalue weighted by Gasteiger charge is 2.34. The zero-order valence-electron chi connectivity index (χ0n) is 11.4. The van der Waals surface area contributed by atoms with E-state index in [-0.39, 0.29) is 5.91 Å². The Morgan fingerprint density at radius 3 is 2.70 bits per heavy atom. The maximum Gasteiger partial charge on any atom is 0.332 e. The number of aliphatic carboxylic acids is 1. The molecule has 1 aromatic rings. The summed E-state index contributed by atoms with van der Waals surface area (Å²) in [6.07, 6.45) is 2.31. The second-order valence-electron chi connectivity index (χ2n) is 4.81. The standard InChI is InChI=1S/C13H17N3O4/c1-16(2)9-5-6-14-7-8(9)15-12(17)10-3-4-11(20-10)13(18)19/h5-7,10-11H,3-4H2,1-2H3,(H,15,17)(H,18,19)/t10-,11+/m0/s1. The van der Waals surface area contributed by atoms with Crippen molar-refractivity contribution in [2.45, 2.75) is 25.0 Å². The minimum absolute atomic E-state index is 0.343. The third-order valence-corrected chi connectivity index (χ3v) is 3.13. The predicted molar refractivity (Wildman–Crippen MR) is 72.7 cm³/mol. The van der Waals surface area contributed by atoms with Crippen LogP contribution in [-0.4, -0.2) is 48.3 Å². The maximum atomic E-state index is 12.1. The number of aromatic nitrogens is 1. The molecule has 2 atom stereocenters. The molecule has 2 N–H and O–H groups in total. The molecule has 0 unspecified atom stereocenters. The van der Waals surface area contributed by atoms with E-state index >= 15 is 0 Å². The van der Waals surface area contributed by atoms with Crippen LogP contribution < -0.4 is 10.2 Å². The van der Waals surface area contributed by atoms with Gasteiger partial charge in [0.2, 0.25) is 0 Å². The molecule has 1 fully saturated rings. The summed E-state index contributed by atoms with van der Waals surface area (Å²) in [7, 11) is 3.72. The molecular weight excluding hydrogens is 262 g/mol. The number of rotatable bonds is 4. The van der Waals surface area contributed by atoms with E-state index in [1.165, 1.54) is 0 Å². The second kappa shape index (κ2) is 5.87. The van der Waals surface area contributed by atoms with E-state index in [1.807, 2.05) is 19.0 Å². The van der Waals surface area contributed by atoms with Crippen molar-refractivity contribution >= 4 is 23.3 Å². The summed E-state index contributed by atoms with van der Waals surface area (Å²) < 4.78 is 5.21. The number of carboxylic acid groups (broad SMARTS) is 1. The Bertz CT molecular complexity index is 518. The third kappa shape index (κ3) is 3.05. The third-order valence-electron chi connectivity index (χ3n) is 3.13. The molecule has 0 aliphatic carbocycles. The monoisotopic (exact) mass is 279 g/mol. The SMILES string of the molecule is CN(C)c1ccncc1NC(=O)[C@@H]1CC[C@H](C(=O)O)O1. The van der Waals surface area contributed by atoms with Gasteiger partial charge >= 0.3 is 5.97 Å². The number of carbonyl (C=O) groups is 2. The Hall–Kier alpha value is -2.15. The number of anilines is 2. The lowest BCUT2D eigenvalue weighted by Crippen LogP contribution is -2.30. The number of pyridine rings is 1. The Morgan fingerprint density at radius 1 is 1.40 bits per heavy atom. The molecule has 0 spiro atoms. The van der Waals surface area contributed by atoms with Crippen LogP contribution in [0.25, 0.3) is 0 Å². The van der Waals surface area contributed by atoms with Crippen molar-refractivity contribution in [2.24, 2.45) is 0 Å². The van der Waals surface area contributed by atoms with E-state index in [4.69, 9.17) is 9.84 Å². The van der Waals surface area contributed by atoms with Crippen LogP contribution in [0.15, 0.2) is 18.5 Å². The summed E-state index contributed by atoms with van der Waals surface area (Å²) in [4.78, 5) is 28.7. The van der Waals surface area contributed by atoms with Crippen LogP contribution >= 0.6 is 0 Å². The zero-order valence-corrected chi connectivity index (χ0v) is 11.4. The van der Waals surface area contributed by atoms with E-state index in [9.17, 15) is 9.59 Å². The molecule has 1 aliphatic heterocycles. The number of amides is 1. The number of nitrogens with zero attached hydrogens (tertiary/aromatic N) is 2. The lowest BCUT2D eigenvalue weighted by molar-refractivity contribution is -0.150. The molecule has 0 aromatic carbocycles. The summed E-state index contributed by atoms with van der Waals surface area (Å²) in [5.74, 6) is -1.37. The fraction of sp³-hybridized carbons (Fsp3) is 0.462. The van der Waals surface area contributed by atoms with E-state index in [0.29, 0.717) is 18.5 Å². The normalized spacial score (nSPS) is 21.5. The lowest BCUT2D eigenvalue weighted by atomic mass is 10.2. The van der Waals surface area contributed by atoms with Crippen LogP contribution in [0.3, 0.4) is 0 Å². The molecule has 1 aromatic heterocycles. The van der Waals surface area contributed by atoms with Crippen LogP contribution in [0.2, 0.25) is 0 Å². The van der Waals surface area contributed by atoms with Gasteiger partial charge in [-0.15, -0.1) is 0 Å². The summed E-state index contributed by atoms with van der Waals surface area (Å²) in [5, 5.41) is 11.6. The van der Waals surface area contributed by atoms with Crippen molar-refractivity contribution in [3.05, 3.63) is 18.5 Å². The highest BCUT2D eigenvalue weighted by Crippen LogP contribution is 2.25. The Morgan fingerprint density at radius 2 is 2.10 bits per heavy atom. The topological polar surface area (TPSA) is 91.8 Å². The first-order valence-corrected chi connectivity index (χ1v) is 6.29. The van der Waals surface area contributed by atoms with Gasteiger partial charge in [0.25, 0.3) is 5.91 Å². The van der Waals surface area contributed by atoms with Gasteiger partial charge in [0, 0.05) is 20.3 Å². The van der Waals surface area contributed by atoms with Crippen LogP contribution in [0.5, 0.6) is 0 Å². The maximum absolute atomic E-state index is 12.1. The van der Waals surface area contributed by atoms with Gasteiger partial charge in [-0.3, -0.25) is 9.78 Å². The van der Waals surface area contributed by atoms with Gasteiger partial charge in [0.1, 0.15) is 6.10 Å². The molecule has 1 amide bonds. The average Bonchev–Trinajstić information content (AvgIpc) is 2.89. The number of hydrogen-bond donors (Lipinski definition) is 2. The minimum atomic E-state index is -1.03. The quantitative estimate of drug-likeness (QED) is 0.843. The highest BCUT2D eigenvalue weighted by molar-refractivity contribution is 5.97. The van der Waals surface area contributed by atoms with Crippen molar-refractivity contribution < 1.29 is 19.4 Å². The molecule has 2 rings (SSSR count). The van der Waals surface area contributed by atoms with Crippen LogP contribution in [0.1, 0.15) is 12.8 Å². The number of nitrogens with one attached hydrogen (secondary N) is 1. The summed E-state index contributed by atoms with van der Waals surface area (Å²) in [6, 6.07) is 1.78. The number of hydrogen-bond acceptors (Lipinski definition) is 5. The van der Waals surface area contributed by atoms with Gasteiger partial charge in [-0.05, 0) is 18.9 Å². The highest BCUT2D eigenvalue weighted by atomic mass is 16.5. The van der Waals surface area contributed by atoms with Crippen molar-refractivity contribution in [2.75, 3.05) is 24.3 Å². The van der Waals surface area contributed by atoms with Gasteiger partial charge in [-0.25, -0.2) is 4.79 Å². The van der Waals surface area contributed by atoms with Crippen LogP contribution in [-0.2, 0) is 14.3 Å². The van der Waals surface area contributed by atoms with Gasteiger partial charge in [-0.2, -0.15) is 0 Å². The van der Waals surface area contributed by atoms with Crippen LogP contribution in [0, 0.1) is 0 Å². The smallest absolute Gasteiger partial charge is 0.332 e. The molecule has 0 radical (unpaired) electrons. The first-order valence-electron chi connectivity index (χ1n) is 6.29. The molecule has 108 valence electrons. The van der Waals surface area contributed by atoms with E-state index in [2.05, 4.69) is 10.3 Å². The van der Waals surface area contributed by atoms with Gasteiger partial charge in [-0.1, -0.05) is 0 Å². The molecule has 2 heterocycles. The molecule has 20 heavy (non-hydrogen) atoms. The summed E-state index contributed by atoms with van der Waals surface area (Å²) in [6.45, 7) is 0. The number of carboxylic acids is 1. The van der Waals surface area contributed by atoms with Crippen molar-refractivity contribution in [1.29, 1.82) is 0 Å². The lowest BCUT2D eigenvalue weighted by Gasteiger charge is -2.18. The van der Waals surface area contributed by atoms with Gasteiger partial charge in [0.15, 0.2) is 6.10 Å². The summed E-state index contributed by atoms with van der Waals surface area (Å²) >= 11 is 0. The van der Waals surface area contributed by atoms with Crippen molar-refractivity contribution in [3.63, 3.8) is 0 Å². The number of carbonyl (C=O) groups excluding carboxylic acids is 1. The first-order chi connectivity index (χ1) is 9.49. The van der Waals surface area contributed by atoms with Crippen LogP contribution in [0.4, 0.5) is 11.4 Å². The Kier molecular flexibility index (Phi) is 4.19. The van der Waals surface area contributed by atoms with Gasteiger partial charge < -0.3 is 20.1 Å². The number of ether oxygens (including phenoxy) is 1.